The molecule has 0 aliphatic heterocycles. The highest BCUT2D eigenvalue weighted by Gasteiger charge is 2.21. The maximum absolute atomic E-state index is 13.0. The van der Waals surface area contributed by atoms with Crippen molar-refractivity contribution in [1.29, 1.82) is 5.26 Å². The summed E-state index contributed by atoms with van der Waals surface area (Å²) in [5, 5.41) is 12.1. The quantitative estimate of drug-likeness (QED) is 0.586. The lowest BCUT2D eigenvalue weighted by molar-refractivity contribution is 0.102. The zero-order valence-corrected chi connectivity index (χ0v) is 18.5. The van der Waals surface area contributed by atoms with Crippen molar-refractivity contribution in [2.75, 3.05) is 5.32 Å². The molecule has 2 aromatic carbocycles. The highest BCUT2D eigenvalue weighted by Crippen LogP contribution is 2.36. The molecule has 0 radical (unpaired) electrons. The first-order valence-electron chi connectivity index (χ1n) is 10.4. The first-order chi connectivity index (χ1) is 14.8. The molecule has 3 rings (SSSR count). The van der Waals surface area contributed by atoms with E-state index in [1.165, 1.54) is 0 Å². The minimum Gasteiger partial charge on any atom is -0.326 e. The molecule has 0 unspecified atom stereocenters. The van der Waals surface area contributed by atoms with Crippen LogP contribution in [-0.4, -0.2) is 10.9 Å². The zero-order chi connectivity index (χ0) is 22.5. The van der Waals surface area contributed by atoms with Crippen LogP contribution in [0.3, 0.4) is 0 Å². The molecular formula is C26H28N4O. The van der Waals surface area contributed by atoms with E-state index in [4.69, 9.17) is 16.0 Å². The van der Waals surface area contributed by atoms with Gasteiger partial charge in [0.1, 0.15) is 0 Å². The third-order valence-electron chi connectivity index (χ3n) is 5.23. The van der Waals surface area contributed by atoms with Gasteiger partial charge in [0.25, 0.3) is 5.91 Å². The number of nitrogens with zero attached hydrogens (tertiary/aromatic N) is 2. The molecule has 3 aromatic rings. The monoisotopic (exact) mass is 412 g/mol. The van der Waals surface area contributed by atoms with Crippen molar-refractivity contribution in [3.8, 4) is 17.2 Å². The van der Waals surface area contributed by atoms with Crippen LogP contribution < -0.4 is 11.1 Å². The molecule has 158 valence electrons. The Balaban J connectivity index is 2.14. The smallest absolute Gasteiger partial charge is 0.255 e. The fraction of sp³-hybridized carbons (Fsp3) is 0.269. The maximum Gasteiger partial charge on any atom is 0.255 e. The number of hydrogen-bond donors (Lipinski definition) is 2. The number of benzene rings is 2. The molecular weight excluding hydrogens is 384 g/mol. The number of aryl methyl sites for hydroxylation is 2. The Hall–Kier alpha value is -3.49. The van der Waals surface area contributed by atoms with Crippen molar-refractivity contribution in [2.24, 2.45) is 11.7 Å². The molecule has 31 heavy (non-hydrogen) atoms. The van der Waals surface area contributed by atoms with Crippen molar-refractivity contribution in [1.82, 2.24) is 4.98 Å². The summed E-state index contributed by atoms with van der Waals surface area (Å²) < 4.78 is 0. The largest absolute Gasteiger partial charge is 0.326 e. The Morgan fingerprint density at radius 3 is 2.29 bits per heavy atom. The first kappa shape index (κ1) is 22.2. The topological polar surface area (TPSA) is 91.8 Å². The Morgan fingerprint density at radius 1 is 1.10 bits per heavy atom. The second-order valence-corrected chi connectivity index (χ2v) is 8.18. The van der Waals surface area contributed by atoms with Crippen LogP contribution in [0.4, 0.5) is 5.69 Å². The number of carbonyl (C=O) groups excluding carboxylic acids is 1. The van der Waals surface area contributed by atoms with E-state index in [1.54, 1.807) is 24.3 Å². The summed E-state index contributed by atoms with van der Waals surface area (Å²) in [7, 11) is 0. The van der Waals surface area contributed by atoms with Crippen molar-refractivity contribution in [3.63, 3.8) is 0 Å². The molecule has 5 nitrogen and oxygen atoms in total. The fourth-order valence-electron chi connectivity index (χ4n) is 3.65. The van der Waals surface area contributed by atoms with E-state index >= 15 is 0 Å². The van der Waals surface area contributed by atoms with Crippen LogP contribution in [-0.2, 0) is 13.0 Å². The van der Waals surface area contributed by atoms with Gasteiger partial charge in [-0.25, -0.2) is 0 Å². The van der Waals surface area contributed by atoms with Gasteiger partial charge in [0.05, 0.1) is 23.0 Å². The van der Waals surface area contributed by atoms with E-state index in [0.717, 1.165) is 40.1 Å². The number of anilines is 1. The Bertz CT molecular complexity index is 1120. The number of nitrogens with one attached hydrogen (secondary N) is 1. The highest BCUT2D eigenvalue weighted by molar-refractivity contribution is 6.07. The van der Waals surface area contributed by atoms with Gasteiger partial charge in [0.2, 0.25) is 0 Å². The normalized spacial score (nSPS) is 10.7. The standard InChI is InChI=1S/C26H28N4O/c1-16(2)13-23-22(15-28)24(20-9-5-17(3)6-10-20)25(18(4)29-23)30-26(31)21-11-7-19(14-27)8-12-21/h5-12,16H,13,15,28H2,1-4H3,(H,30,31). The molecule has 3 N–H and O–H groups in total. The van der Waals surface area contributed by atoms with Crippen LogP contribution in [0.5, 0.6) is 0 Å². The van der Waals surface area contributed by atoms with Gasteiger partial charge in [0.15, 0.2) is 0 Å². The molecule has 0 atom stereocenters. The Labute approximate surface area is 183 Å². The van der Waals surface area contributed by atoms with Gasteiger partial charge in [-0.1, -0.05) is 43.7 Å². The van der Waals surface area contributed by atoms with Crippen LogP contribution in [0.2, 0.25) is 0 Å². The molecule has 0 saturated heterocycles. The predicted molar refractivity (Wildman–Crippen MR) is 125 cm³/mol. The van der Waals surface area contributed by atoms with Crippen LogP contribution in [0.25, 0.3) is 11.1 Å². The second kappa shape index (κ2) is 9.55. The summed E-state index contributed by atoms with van der Waals surface area (Å²) in [6, 6.07) is 16.9. The van der Waals surface area contributed by atoms with E-state index in [2.05, 4.69) is 49.5 Å². The Morgan fingerprint density at radius 2 is 1.74 bits per heavy atom. The van der Waals surface area contributed by atoms with Crippen molar-refractivity contribution in [2.45, 2.75) is 40.7 Å². The van der Waals surface area contributed by atoms with Gasteiger partial charge >= 0.3 is 0 Å². The van der Waals surface area contributed by atoms with Crippen LogP contribution in [0.1, 0.15) is 52.3 Å². The number of rotatable bonds is 6. The molecule has 0 spiro atoms. The van der Waals surface area contributed by atoms with E-state index in [1.807, 2.05) is 13.8 Å². The molecule has 5 heteroatoms. The highest BCUT2D eigenvalue weighted by atomic mass is 16.1. The molecule has 0 aliphatic rings. The molecule has 1 heterocycles. The summed E-state index contributed by atoms with van der Waals surface area (Å²) in [5.41, 5.74) is 13.6. The fourth-order valence-corrected chi connectivity index (χ4v) is 3.65. The number of carbonyl (C=O) groups is 1. The van der Waals surface area contributed by atoms with Gasteiger partial charge < -0.3 is 11.1 Å². The van der Waals surface area contributed by atoms with Gasteiger partial charge in [-0.15, -0.1) is 0 Å². The van der Waals surface area contributed by atoms with Crippen molar-refractivity contribution < 1.29 is 4.79 Å². The third-order valence-corrected chi connectivity index (χ3v) is 5.23. The predicted octanol–water partition coefficient (Wildman–Crippen LogP) is 5.15. The number of aromatic nitrogens is 1. The average molecular weight is 413 g/mol. The summed E-state index contributed by atoms with van der Waals surface area (Å²) in [4.78, 5) is 17.8. The summed E-state index contributed by atoms with van der Waals surface area (Å²) in [6.45, 7) is 8.60. The molecule has 0 saturated carbocycles. The molecule has 0 aliphatic carbocycles. The summed E-state index contributed by atoms with van der Waals surface area (Å²) in [5.74, 6) is 0.185. The summed E-state index contributed by atoms with van der Waals surface area (Å²) in [6.07, 6.45) is 0.816. The lowest BCUT2D eigenvalue weighted by Crippen LogP contribution is -2.18. The van der Waals surface area contributed by atoms with Crippen LogP contribution in [0.15, 0.2) is 48.5 Å². The van der Waals surface area contributed by atoms with E-state index in [-0.39, 0.29) is 5.91 Å². The SMILES string of the molecule is Cc1ccc(-c2c(CN)c(CC(C)C)nc(C)c2NC(=O)c2ccc(C#N)cc2)cc1. The number of amides is 1. The molecule has 0 bridgehead atoms. The second-order valence-electron chi connectivity index (χ2n) is 8.18. The summed E-state index contributed by atoms with van der Waals surface area (Å²) >= 11 is 0. The van der Waals surface area contributed by atoms with Gasteiger partial charge in [0, 0.05) is 23.4 Å². The lowest BCUT2D eigenvalue weighted by atomic mass is 9.92. The van der Waals surface area contributed by atoms with Gasteiger partial charge in [-0.3, -0.25) is 9.78 Å². The minimum atomic E-state index is -0.248. The van der Waals surface area contributed by atoms with E-state index in [0.29, 0.717) is 29.3 Å². The molecule has 0 fully saturated rings. The van der Waals surface area contributed by atoms with Crippen molar-refractivity contribution >= 4 is 11.6 Å². The average Bonchev–Trinajstić information content (AvgIpc) is 2.75. The zero-order valence-electron chi connectivity index (χ0n) is 18.5. The number of hydrogen-bond acceptors (Lipinski definition) is 4. The molecule has 1 aromatic heterocycles. The number of nitrogens with two attached hydrogens (primary N) is 1. The maximum atomic E-state index is 13.0. The van der Waals surface area contributed by atoms with Crippen molar-refractivity contribution in [3.05, 3.63) is 82.2 Å². The number of nitriles is 1. The van der Waals surface area contributed by atoms with Crippen LogP contribution >= 0.6 is 0 Å². The van der Waals surface area contributed by atoms with E-state index in [9.17, 15) is 4.79 Å². The Kier molecular flexibility index (Phi) is 6.84. The molecule has 1 amide bonds. The van der Waals surface area contributed by atoms with Gasteiger partial charge in [-0.2, -0.15) is 5.26 Å². The van der Waals surface area contributed by atoms with Gasteiger partial charge in [-0.05, 0) is 61.6 Å². The lowest BCUT2D eigenvalue weighted by Gasteiger charge is -2.21. The number of pyridine rings is 1. The van der Waals surface area contributed by atoms with Crippen LogP contribution in [0, 0.1) is 31.1 Å². The first-order valence-corrected chi connectivity index (χ1v) is 10.4. The third kappa shape index (κ3) is 4.99. The minimum absolute atomic E-state index is 0.248. The van der Waals surface area contributed by atoms with E-state index < -0.39 is 0 Å².